The zero-order valence-electron chi connectivity index (χ0n) is 13.8. The van der Waals surface area contributed by atoms with Gasteiger partial charge in [-0.3, -0.25) is 0 Å². The number of aromatic nitrogens is 4. The van der Waals surface area contributed by atoms with Crippen molar-refractivity contribution in [3.05, 3.63) is 39.9 Å². The van der Waals surface area contributed by atoms with Crippen LogP contribution < -0.4 is 0 Å². The summed E-state index contributed by atoms with van der Waals surface area (Å²) in [6.07, 6.45) is 0. The highest BCUT2D eigenvalue weighted by Crippen LogP contribution is 2.35. The maximum atomic E-state index is 11.7. The van der Waals surface area contributed by atoms with E-state index in [4.69, 9.17) is 16.3 Å². The first-order chi connectivity index (χ1) is 12.0. The lowest BCUT2D eigenvalue weighted by molar-refractivity contribution is 0.0606. The molecule has 3 aromatic rings. The highest BCUT2D eigenvalue weighted by Gasteiger charge is 2.20. The van der Waals surface area contributed by atoms with Crippen molar-refractivity contribution in [1.82, 2.24) is 19.7 Å². The number of esters is 1. The van der Waals surface area contributed by atoms with Gasteiger partial charge in [-0.05, 0) is 31.7 Å². The van der Waals surface area contributed by atoms with E-state index in [0.29, 0.717) is 16.0 Å². The summed E-state index contributed by atoms with van der Waals surface area (Å²) in [5, 5.41) is 9.43. The van der Waals surface area contributed by atoms with Crippen molar-refractivity contribution in [2.24, 2.45) is 0 Å². The number of benzene rings is 1. The van der Waals surface area contributed by atoms with Crippen molar-refractivity contribution in [2.45, 2.75) is 29.9 Å². The molecule has 0 aliphatic heterocycles. The van der Waals surface area contributed by atoms with E-state index in [1.807, 2.05) is 36.6 Å². The first-order valence-corrected chi connectivity index (χ1v) is 9.47. The minimum absolute atomic E-state index is 0.140. The van der Waals surface area contributed by atoms with Gasteiger partial charge in [0.25, 0.3) is 0 Å². The Labute approximate surface area is 158 Å². The van der Waals surface area contributed by atoms with Crippen LogP contribution in [-0.2, 0) is 11.3 Å². The first-order valence-electron chi connectivity index (χ1n) is 7.46. The molecule has 6 nitrogen and oxygen atoms in total. The standard InChI is InChI=1S/C16H15ClN4O2S2/c1-4-21-13(10-7-5-6-9(2)8-10)19-20-15(21)25-16-18-12(17)11(24-16)14(22)23-3/h5-8H,4H2,1-3H3. The molecular formula is C16H15ClN4O2S2. The van der Waals surface area contributed by atoms with E-state index in [1.165, 1.54) is 30.2 Å². The molecule has 0 atom stereocenters. The van der Waals surface area contributed by atoms with Crippen LogP contribution >= 0.6 is 34.7 Å². The Hall–Kier alpha value is -1.90. The second-order valence-electron chi connectivity index (χ2n) is 5.11. The lowest BCUT2D eigenvalue weighted by Crippen LogP contribution is -1.99. The van der Waals surface area contributed by atoms with Crippen LogP contribution in [0, 0.1) is 6.92 Å². The summed E-state index contributed by atoms with van der Waals surface area (Å²) < 4.78 is 7.32. The van der Waals surface area contributed by atoms with E-state index in [-0.39, 0.29) is 10.0 Å². The van der Waals surface area contributed by atoms with Crippen molar-refractivity contribution in [2.75, 3.05) is 7.11 Å². The fourth-order valence-electron chi connectivity index (χ4n) is 2.27. The average molecular weight is 395 g/mol. The Balaban J connectivity index is 1.93. The predicted octanol–water partition coefficient (Wildman–Crippen LogP) is 4.32. The van der Waals surface area contributed by atoms with Gasteiger partial charge in [0.15, 0.2) is 25.4 Å². The minimum atomic E-state index is -0.494. The van der Waals surface area contributed by atoms with E-state index in [0.717, 1.165) is 17.0 Å². The number of thiazole rings is 1. The van der Waals surface area contributed by atoms with Crippen molar-refractivity contribution >= 4 is 40.7 Å². The number of carbonyl (C=O) groups is 1. The topological polar surface area (TPSA) is 69.9 Å². The number of nitrogens with zero attached hydrogens (tertiary/aromatic N) is 4. The second-order valence-corrected chi connectivity index (χ2v) is 7.68. The molecule has 0 amide bonds. The predicted molar refractivity (Wildman–Crippen MR) is 98.5 cm³/mol. The van der Waals surface area contributed by atoms with Crippen molar-refractivity contribution in [3.63, 3.8) is 0 Å². The van der Waals surface area contributed by atoms with Crippen LogP contribution in [0.25, 0.3) is 11.4 Å². The monoisotopic (exact) mass is 394 g/mol. The lowest BCUT2D eigenvalue weighted by Gasteiger charge is -2.06. The first kappa shape index (κ1) is 17.9. The van der Waals surface area contributed by atoms with Crippen molar-refractivity contribution < 1.29 is 9.53 Å². The molecular weight excluding hydrogens is 380 g/mol. The van der Waals surface area contributed by atoms with E-state index in [1.54, 1.807) is 0 Å². The number of hydrogen-bond donors (Lipinski definition) is 0. The van der Waals surface area contributed by atoms with Crippen LogP contribution in [0.2, 0.25) is 5.15 Å². The fourth-order valence-corrected chi connectivity index (χ4v) is 4.60. The van der Waals surface area contributed by atoms with E-state index in [9.17, 15) is 4.79 Å². The molecule has 25 heavy (non-hydrogen) atoms. The van der Waals surface area contributed by atoms with Gasteiger partial charge >= 0.3 is 5.97 Å². The van der Waals surface area contributed by atoms with Gasteiger partial charge in [-0.15, -0.1) is 10.2 Å². The number of ether oxygens (including phenoxy) is 1. The molecule has 0 spiro atoms. The average Bonchev–Trinajstić information content (AvgIpc) is 3.17. The summed E-state index contributed by atoms with van der Waals surface area (Å²) in [7, 11) is 1.31. The van der Waals surface area contributed by atoms with Gasteiger partial charge in [-0.1, -0.05) is 46.7 Å². The van der Waals surface area contributed by atoms with Gasteiger partial charge in [-0.2, -0.15) is 0 Å². The number of hydrogen-bond acceptors (Lipinski definition) is 7. The molecule has 0 unspecified atom stereocenters. The Bertz CT molecular complexity index is 923. The highest BCUT2D eigenvalue weighted by molar-refractivity contribution is 8.00. The number of rotatable bonds is 5. The van der Waals surface area contributed by atoms with Gasteiger partial charge in [0.1, 0.15) is 0 Å². The van der Waals surface area contributed by atoms with Gasteiger partial charge in [0.2, 0.25) is 0 Å². The zero-order valence-corrected chi connectivity index (χ0v) is 16.2. The van der Waals surface area contributed by atoms with Gasteiger partial charge in [0.05, 0.1) is 7.11 Å². The highest BCUT2D eigenvalue weighted by atomic mass is 35.5. The third-order valence-corrected chi connectivity index (χ3v) is 5.89. The van der Waals surface area contributed by atoms with Crippen molar-refractivity contribution in [3.8, 4) is 11.4 Å². The van der Waals surface area contributed by atoms with E-state index < -0.39 is 5.97 Å². The molecule has 130 valence electrons. The molecule has 0 aliphatic carbocycles. The van der Waals surface area contributed by atoms with E-state index in [2.05, 4.69) is 21.2 Å². The van der Waals surface area contributed by atoms with Crippen LogP contribution in [0.3, 0.4) is 0 Å². The molecule has 0 N–H and O–H groups in total. The quantitative estimate of drug-likeness (QED) is 0.600. The molecule has 0 radical (unpaired) electrons. The fraction of sp³-hybridized carbons (Fsp3) is 0.250. The van der Waals surface area contributed by atoms with Crippen LogP contribution in [-0.4, -0.2) is 32.8 Å². The maximum absolute atomic E-state index is 11.7. The summed E-state index contributed by atoms with van der Waals surface area (Å²) in [6, 6.07) is 8.11. The third-order valence-electron chi connectivity index (χ3n) is 3.42. The maximum Gasteiger partial charge on any atom is 0.351 e. The summed E-state index contributed by atoms with van der Waals surface area (Å²) in [6.45, 7) is 4.78. The van der Waals surface area contributed by atoms with Gasteiger partial charge in [-0.25, -0.2) is 9.78 Å². The smallest absolute Gasteiger partial charge is 0.351 e. The van der Waals surface area contributed by atoms with Gasteiger partial charge < -0.3 is 9.30 Å². The molecule has 0 aliphatic rings. The summed E-state index contributed by atoms with van der Waals surface area (Å²) in [4.78, 5) is 16.2. The second kappa shape index (κ2) is 7.55. The van der Waals surface area contributed by atoms with Crippen LogP contribution in [0.15, 0.2) is 33.8 Å². The zero-order chi connectivity index (χ0) is 18.0. The lowest BCUT2D eigenvalue weighted by atomic mass is 10.1. The summed E-state index contributed by atoms with van der Waals surface area (Å²) in [5.41, 5.74) is 2.17. The normalized spacial score (nSPS) is 10.9. The SMILES string of the molecule is CCn1c(Sc2nc(Cl)c(C(=O)OC)s2)nnc1-c1cccc(C)c1. The molecule has 0 saturated heterocycles. The van der Waals surface area contributed by atoms with Crippen molar-refractivity contribution in [1.29, 1.82) is 0 Å². The Kier molecular flexibility index (Phi) is 5.41. The van der Waals surface area contributed by atoms with Crippen LogP contribution in [0.5, 0.6) is 0 Å². The molecule has 3 rings (SSSR count). The summed E-state index contributed by atoms with van der Waals surface area (Å²) in [5.74, 6) is 0.302. The molecule has 1 aromatic carbocycles. The molecule has 0 saturated carbocycles. The number of halogens is 1. The largest absolute Gasteiger partial charge is 0.465 e. The van der Waals surface area contributed by atoms with E-state index >= 15 is 0 Å². The third kappa shape index (κ3) is 3.70. The summed E-state index contributed by atoms with van der Waals surface area (Å²) >= 11 is 8.52. The number of methoxy groups -OCH3 is 1. The molecule has 0 bridgehead atoms. The van der Waals surface area contributed by atoms with Crippen LogP contribution in [0.4, 0.5) is 0 Å². The number of aryl methyl sites for hydroxylation is 1. The Morgan fingerprint density at radius 3 is 2.88 bits per heavy atom. The molecule has 2 aromatic heterocycles. The van der Waals surface area contributed by atoms with Gasteiger partial charge in [0, 0.05) is 12.1 Å². The number of carbonyl (C=O) groups excluding carboxylic acids is 1. The Morgan fingerprint density at radius 2 is 2.20 bits per heavy atom. The Morgan fingerprint density at radius 1 is 1.40 bits per heavy atom. The van der Waals surface area contributed by atoms with Crippen LogP contribution in [0.1, 0.15) is 22.2 Å². The molecule has 0 fully saturated rings. The molecule has 2 heterocycles. The molecule has 9 heteroatoms. The minimum Gasteiger partial charge on any atom is -0.465 e.